The molecule has 2 fully saturated rings. The summed E-state index contributed by atoms with van der Waals surface area (Å²) in [6, 6.07) is 6.08. The molecule has 0 N–H and O–H groups in total. The van der Waals surface area contributed by atoms with Crippen molar-refractivity contribution in [2.45, 2.75) is 25.0 Å². The highest BCUT2D eigenvalue weighted by Crippen LogP contribution is 2.44. The Hall–Kier alpha value is -2.24. The fourth-order valence-electron chi connectivity index (χ4n) is 3.48. The summed E-state index contributed by atoms with van der Waals surface area (Å²) in [4.78, 5) is 0. The molecular formula is C21H22O5. The first-order chi connectivity index (χ1) is 12.8. The van der Waals surface area contributed by atoms with E-state index in [1.54, 1.807) is 7.11 Å². The zero-order chi connectivity index (χ0) is 17.5. The van der Waals surface area contributed by atoms with Gasteiger partial charge in [0.05, 0.1) is 20.3 Å². The zero-order valence-electron chi connectivity index (χ0n) is 14.8. The average Bonchev–Trinajstić information content (AvgIpc) is 3.59. The van der Waals surface area contributed by atoms with Crippen LogP contribution in [0.25, 0.3) is 10.8 Å². The van der Waals surface area contributed by atoms with E-state index in [-0.39, 0.29) is 12.2 Å². The van der Waals surface area contributed by atoms with Crippen LogP contribution in [0.15, 0.2) is 30.4 Å². The van der Waals surface area contributed by atoms with Crippen LogP contribution in [0.5, 0.6) is 17.2 Å². The SMILES string of the molecule is COc1ccc2c(OCC3CO3)c3c(c(OCC4CO4)c2c1)CC=CC3. The van der Waals surface area contributed by atoms with Crippen LogP contribution in [0.4, 0.5) is 0 Å². The van der Waals surface area contributed by atoms with Crippen LogP contribution in [0.3, 0.4) is 0 Å². The number of epoxide rings is 2. The Morgan fingerprint density at radius 2 is 1.46 bits per heavy atom. The van der Waals surface area contributed by atoms with Crippen molar-refractivity contribution in [3.63, 3.8) is 0 Å². The molecule has 2 atom stereocenters. The van der Waals surface area contributed by atoms with Crippen molar-refractivity contribution in [3.8, 4) is 17.2 Å². The van der Waals surface area contributed by atoms with E-state index < -0.39 is 0 Å². The lowest BCUT2D eigenvalue weighted by Gasteiger charge is -2.23. The Kier molecular flexibility index (Phi) is 3.98. The minimum atomic E-state index is 0.216. The average molecular weight is 354 g/mol. The monoisotopic (exact) mass is 354 g/mol. The summed E-state index contributed by atoms with van der Waals surface area (Å²) < 4.78 is 28.6. The summed E-state index contributed by atoms with van der Waals surface area (Å²) in [7, 11) is 1.68. The third-order valence-corrected chi connectivity index (χ3v) is 5.07. The maximum Gasteiger partial charge on any atom is 0.131 e. The molecule has 2 unspecified atom stereocenters. The van der Waals surface area contributed by atoms with E-state index in [1.807, 2.05) is 12.1 Å². The maximum atomic E-state index is 6.24. The van der Waals surface area contributed by atoms with Crippen molar-refractivity contribution in [1.82, 2.24) is 0 Å². The van der Waals surface area contributed by atoms with Gasteiger partial charge >= 0.3 is 0 Å². The van der Waals surface area contributed by atoms with Crippen LogP contribution in [-0.2, 0) is 22.3 Å². The number of hydrogen-bond acceptors (Lipinski definition) is 5. The van der Waals surface area contributed by atoms with E-state index in [0.29, 0.717) is 13.2 Å². The van der Waals surface area contributed by atoms with Crippen molar-refractivity contribution in [1.29, 1.82) is 0 Å². The van der Waals surface area contributed by atoms with Gasteiger partial charge in [-0.1, -0.05) is 12.2 Å². The number of fused-ring (bicyclic) bond motifs is 2. The number of allylic oxidation sites excluding steroid dienone is 2. The van der Waals surface area contributed by atoms with Crippen LogP contribution in [0, 0.1) is 0 Å². The third kappa shape index (κ3) is 3.02. The topological polar surface area (TPSA) is 52.8 Å². The first-order valence-corrected chi connectivity index (χ1v) is 9.12. The van der Waals surface area contributed by atoms with Gasteiger partial charge in [-0.3, -0.25) is 0 Å². The molecule has 5 rings (SSSR count). The molecule has 136 valence electrons. The Bertz CT molecular complexity index is 865. The quantitative estimate of drug-likeness (QED) is 0.565. The van der Waals surface area contributed by atoms with Gasteiger partial charge in [0.15, 0.2) is 0 Å². The molecule has 5 nitrogen and oxygen atoms in total. The highest BCUT2D eigenvalue weighted by Gasteiger charge is 2.28. The largest absolute Gasteiger partial charge is 0.497 e. The van der Waals surface area contributed by atoms with Crippen LogP contribution >= 0.6 is 0 Å². The van der Waals surface area contributed by atoms with Crippen molar-refractivity contribution in [3.05, 3.63) is 41.5 Å². The Morgan fingerprint density at radius 1 is 0.885 bits per heavy atom. The number of benzene rings is 2. The summed E-state index contributed by atoms with van der Waals surface area (Å²) in [5.74, 6) is 2.70. The van der Waals surface area contributed by atoms with Crippen LogP contribution in [0.2, 0.25) is 0 Å². The van der Waals surface area contributed by atoms with Gasteiger partial charge in [0.1, 0.15) is 42.7 Å². The number of hydrogen-bond donors (Lipinski definition) is 0. The predicted octanol–water partition coefficient (Wildman–Crippen LogP) is 3.06. The minimum Gasteiger partial charge on any atom is -0.497 e. The molecule has 0 saturated carbocycles. The van der Waals surface area contributed by atoms with E-state index in [2.05, 4.69) is 18.2 Å². The second kappa shape index (κ2) is 6.49. The smallest absolute Gasteiger partial charge is 0.131 e. The van der Waals surface area contributed by atoms with Crippen LogP contribution in [-0.4, -0.2) is 45.7 Å². The molecule has 0 bridgehead atoms. The third-order valence-electron chi connectivity index (χ3n) is 5.07. The molecule has 2 aliphatic heterocycles. The second-order valence-corrected chi connectivity index (χ2v) is 6.94. The van der Waals surface area contributed by atoms with E-state index in [4.69, 9.17) is 23.7 Å². The molecule has 5 heteroatoms. The Labute approximate surface area is 152 Å². The lowest BCUT2D eigenvalue weighted by Crippen LogP contribution is -2.12. The summed E-state index contributed by atoms with van der Waals surface area (Å²) in [5, 5.41) is 2.10. The van der Waals surface area contributed by atoms with Crippen molar-refractivity contribution >= 4 is 10.8 Å². The number of ether oxygens (including phenoxy) is 5. The van der Waals surface area contributed by atoms with E-state index >= 15 is 0 Å². The standard InChI is InChI=1S/C21H22O5/c1-22-13-6-7-18-19(8-13)21(26-12-15-10-24-15)17-5-3-2-4-16(17)20(18)25-11-14-9-23-14/h2-3,6-8,14-15H,4-5,9-12H2,1H3. The molecule has 2 heterocycles. The molecule has 0 spiro atoms. The van der Waals surface area contributed by atoms with Crippen molar-refractivity contribution in [2.24, 2.45) is 0 Å². The molecule has 3 aliphatic rings. The second-order valence-electron chi connectivity index (χ2n) is 6.94. The maximum absolute atomic E-state index is 6.24. The van der Waals surface area contributed by atoms with Gasteiger partial charge in [-0.25, -0.2) is 0 Å². The minimum absolute atomic E-state index is 0.216. The van der Waals surface area contributed by atoms with Crippen LogP contribution in [0.1, 0.15) is 11.1 Å². The first kappa shape index (κ1) is 16.0. The number of methoxy groups -OCH3 is 1. The lowest BCUT2D eigenvalue weighted by molar-refractivity contribution is 0.258. The predicted molar refractivity (Wildman–Crippen MR) is 97.5 cm³/mol. The van der Waals surface area contributed by atoms with Crippen molar-refractivity contribution < 1.29 is 23.7 Å². The van der Waals surface area contributed by atoms with Gasteiger partial charge in [-0.2, -0.15) is 0 Å². The molecule has 1 aliphatic carbocycles. The first-order valence-electron chi connectivity index (χ1n) is 9.12. The fraction of sp³-hybridized carbons (Fsp3) is 0.429. The highest BCUT2D eigenvalue weighted by atomic mass is 16.6. The summed E-state index contributed by atoms with van der Waals surface area (Å²) in [6.45, 7) is 2.74. The molecule has 0 aromatic heterocycles. The zero-order valence-corrected chi connectivity index (χ0v) is 14.8. The number of rotatable bonds is 7. The van der Waals surface area contributed by atoms with Gasteiger partial charge in [0.2, 0.25) is 0 Å². The van der Waals surface area contributed by atoms with Gasteiger partial charge in [-0.15, -0.1) is 0 Å². The Balaban J connectivity index is 1.65. The Morgan fingerprint density at radius 3 is 2.00 bits per heavy atom. The lowest BCUT2D eigenvalue weighted by atomic mass is 9.90. The normalized spacial score (nSPS) is 22.8. The summed E-state index contributed by atoms with van der Waals surface area (Å²) in [6.07, 6.45) is 6.54. The van der Waals surface area contributed by atoms with Crippen LogP contribution < -0.4 is 14.2 Å². The van der Waals surface area contributed by atoms with Gasteiger partial charge < -0.3 is 23.7 Å². The molecule has 2 saturated heterocycles. The summed E-state index contributed by atoms with van der Waals surface area (Å²) in [5.41, 5.74) is 2.43. The fourth-order valence-corrected chi connectivity index (χ4v) is 3.48. The summed E-state index contributed by atoms with van der Waals surface area (Å²) >= 11 is 0. The molecule has 0 radical (unpaired) electrons. The van der Waals surface area contributed by atoms with E-state index in [9.17, 15) is 0 Å². The van der Waals surface area contributed by atoms with Gasteiger partial charge in [0.25, 0.3) is 0 Å². The molecule has 2 aromatic rings. The van der Waals surface area contributed by atoms with Gasteiger partial charge in [0, 0.05) is 21.9 Å². The van der Waals surface area contributed by atoms with E-state index in [1.165, 1.54) is 11.1 Å². The van der Waals surface area contributed by atoms with E-state index in [0.717, 1.165) is 54.1 Å². The molecular weight excluding hydrogens is 332 g/mol. The molecule has 2 aromatic carbocycles. The molecule has 26 heavy (non-hydrogen) atoms. The molecule has 0 amide bonds. The highest BCUT2D eigenvalue weighted by molar-refractivity contribution is 5.97. The van der Waals surface area contributed by atoms with Crippen molar-refractivity contribution in [2.75, 3.05) is 33.5 Å². The van der Waals surface area contributed by atoms with Gasteiger partial charge in [-0.05, 0) is 31.0 Å².